The number of aliphatic carboxylic acids is 1. The topological polar surface area (TPSA) is 109 Å². The number of carbonyl (C=O) groups is 2. The minimum absolute atomic E-state index is 0.0353. The van der Waals surface area contributed by atoms with Gasteiger partial charge < -0.3 is 19.9 Å². The third-order valence-corrected chi connectivity index (χ3v) is 5.36. The van der Waals surface area contributed by atoms with E-state index < -0.39 is 24.0 Å². The summed E-state index contributed by atoms with van der Waals surface area (Å²) in [6, 6.07) is 18.7. The summed E-state index contributed by atoms with van der Waals surface area (Å²) in [7, 11) is 0. The summed E-state index contributed by atoms with van der Waals surface area (Å²) >= 11 is 0. The summed E-state index contributed by atoms with van der Waals surface area (Å²) in [5.41, 5.74) is 2.65. The van der Waals surface area contributed by atoms with Crippen molar-refractivity contribution in [3.05, 3.63) is 88.3 Å². The van der Waals surface area contributed by atoms with Gasteiger partial charge in [0.05, 0.1) is 29.6 Å². The normalized spacial score (nSPS) is 16.5. The average molecular weight is 447 g/mol. The maximum atomic E-state index is 13.2. The van der Waals surface area contributed by atoms with E-state index in [-0.39, 0.29) is 24.2 Å². The number of carboxylic acid groups (broad SMARTS) is 1. The van der Waals surface area contributed by atoms with Crippen LogP contribution in [0.3, 0.4) is 0 Å². The fraction of sp³-hybridized carbons (Fsp3) is 0.269. The van der Waals surface area contributed by atoms with Crippen LogP contribution in [0.4, 0.5) is 0 Å². The van der Waals surface area contributed by atoms with E-state index in [1.165, 1.54) is 0 Å². The number of rotatable bonds is 8. The van der Waals surface area contributed by atoms with Crippen LogP contribution in [0, 0.1) is 11.3 Å². The number of carbonyl (C=O) groups excluding carboxylic acids is 1. The molecule has 2 N–H and O–H groups in total. The van der Waals surface area contributed by atoms with Crippen molar-refractivity contribution >= 4 is 11.9 Å². The van der Waals surface area contributed by atoms with Gasteiger partial charge in [-0.3, -0.25) is 0 Å². The molecule has 1 heterocycles. The molecule has 2 aromatic carbocycles. The molecule has 2 atom stereocenters. The summed E-state index contributed by atoms with van der Waals surface area (Å²) in [5.74, 6) is -2.25. The minimum Gasteiger partial charge on any atom is -0.489 e. The maximum absolute atomic E-state index is 13.2. The van der Waals surface area contributed by atoms with Crippen molar-refractivity contribution in [1.82, 2.24) is 5.32 Å². The van der Waals surface area contributed by atoms with E-state index in [4.69, 9.17) is 14.7 Å². The fourth-order valence-corrected chi connectivity index (χ4v) is 3.86. The molecule has 1 aliphatic heterocycles. The second-order valence-corrected chi connectivity index (χ2v) is 7.83. The molecule has 0 aliphatic carbocycles. The summed E-state index contributed by atoms with van der Waals surface area (Å²) < 4.78 is 11.5. The Hall–Kier alpha value is -4.05. The van der Waals surface area contributed by atoms with Gasteiger partial charge in [-0.15, -0.1) is 0 Å². The number of ether oxygens (including phenoxy) is 2. The Labute approximate surface area is 192 Å². The van der Waals surface area contributed by atoms with Crippen molar-refractivity contribution in [2.75, 3.05) is 0 Å². The van der Waals surface area contributed by atoms with Crippen molar-refractivity contribution in [2.45, 2.75) is 45.8 Å². The van der Waals surface area contributed by atoms with E-state index in [1.807, 2.05) is 36.4 Å². The van der Waals surface area contributed by atoms with E-state index in [2.05, 4.69) is 5.32 Å². The molecule has 3 rings (SSSR count). The van der Waals surface area contributed by atoms with E-state index in [9.17, 15) is 14.7 Å². The monoisotopic (exact) mass is 446 g/mol. The van der Waals surface area contributed by atoms with Crippen LogP contribution >= 0.6 is 0 Å². The SMILES string of the molecule is CC1=C(C(=O)O)C(c2ccccc2OCc2ccccc2)C(C(=O)OC(C)CC#N)=C(C)N1. The zero-order chi connectivity index (χ0) is 24.0. The summed E-state index contributed by atoms with van der Waals surface area (Å²) in [6.07, 6.45) is -0.596. The highest BCUT2D eigenvalue weighted by Gasteiger charge is 2.39. The highest BCUT2D eigenvalue weighted by molar-refractivity contribution is 5.99. The Balaban J connectivity index is 2.05. The first kappa shape index (κ1) is 23.6. The average Bonchev–Trinajstić information content (AvgIpc) is 2.77. The van der Waals surface area contributed by atoms with Gasteiger partial charge in [-0.1, -0.05) is 48.5 Å². The molecule has 33 heavy (non-hydrogen) atoms. The number of hydrogen-bond donors (Lipinski definition) is 2. The molecule has 0 amide bonds. The predicted molar refractivity (Wildman–Crippen MR) is 122 cm³/mol. The Morgan fingerprint density at radius 1 is 1.06 bits per heavy atom. The molecule has 0 saturated carbocycles. The van der Waals surface area contributed by atoms with Crippen LogP contribution in [0.5, 0.6) is 5.75 Å². The zero-order valence-electron chi connectivity index (χ0n) is 18.8. The molecule has 7 heteroatoms. The Bertz CT molecular complexity index is 1140. The molecule has 170 valence electrons. The first-order valence-corrected chi connectivity index (χ1v) is 10.6. The fourth-order valence-electron chi connectivity index (χ4n) is 3.86. The lowest BCUT2D eigenvalue weighted by atomic mass is 9.80. The molecule has 2 unspecified atom stereocenters. The number of dihydropyridines is 1. The van der Waals surface area contributed by atoms with Crippen LogP contribution in [0.2, 0.25) is 0 Å². The lowest BCUT2D eigenvalue weighted by molar-refractivity contribution is -0.143. The molecular weight excluding hydrogens is 420 g/mol. The van der Waals surface area contributed by atoms with Gasteiger partial charge in [0.1, 0.15) is 18.5 Å². The molecule has 1 aliphatic rings. The molecule has 7 nitrogen and oxygen atoms in total. The van der Waals surface area contributed by atoms with Crippen LogP contribution in [-0.2, 0) is 20.9 Å². The van der Waals surface area contributed by atoms with E-state index in [0.29, 0.717) is 22.7 Å². The summed E-state index contributed by atoms with van der Waals surface area (Å²) in [6.45, 7) is 5.27. The Morgan fingerprint density at radius 3 is 2.36 bits per heavy atom. The van der Waals surface area contributed by atoms with E-state index in [0.717, 1.165) is 5.56 Å². The van der Waals surface area contributed by atoms with Gasteiger partial charge in [0.15, 0.2) is 0 Å². The van der Waals surface area contributed by atoms with Gasteiger partial charge in [-0.05, 0) is 32.4 Å². The predicted octanol–water partition coefficient (Wildman–Crippen LogP) is 4.43. The van der Waals surface area contributed by atoms with Gasteiger partial charge in [0, 0.05) is 17.0 Å². The lowest BCUT2D eigenvalue weighted by Crippen LogP contribution is -2.33. The second kappa shape index (κ2) is 10.5. The van der Waals surface area contributed by atoms with Crippen molar-refractivity contribution in [3.63, 3.8) is 0 Å². The third-order valence-electron chi connectivity index (χ3n) is 5.36. The maximum Gasteiger partial charge on any atom is 0.337 e. The van der Waals surface area contributed by atoms with E-state index in [1.54, 1.807) is 45.0 Å². The van der Waals surface area contributed by atoms with Crippen molar-refractivity contribution in [1.29, 1.82) is 5.26 Å². The molecule has 0 aromatic heterocycles. The smallest absolute Gasteiger partial charge is 0.337 e. The largest absolute Gasteiger partial charge is 0.489 e. The van der Waals surface area contributed by atoms with Crippen LogP contribution < -0.4 is 10.1 Å². The lowest BCUT2D eigenvalue weighted by Gasteiger charge is -2.31. The van der Waals surface area contributed by atoms with Crippen molar-refractivity contribution in [2.24, 2.45) is 0 Å². The van der Waals surface area contributed by atoms with Crippen molar-refractivity contribution < 1.29 is 24.2 Å². The summed E-state index contributed by atoms with van der Waals surface area (Å²) in [5, 5.41) is 21.9. The molecule has 2 aromatic rings. The van der Waals surface area contributed by atoms with Crippen LogP contribution in [0.15, 0.2) is 77.1 Å². The molecular formula is C26H26N2O5. The van der Waals surface area contributed by atoms with Gasteiger partial charge >= 0.3 is 11.9 Å². The number of carboxylic acids is 1. The second-order valence-electron chi connectivity index (χ2n) is 7.83. The Kier molecular flexibility index (Phi) is 7.52. The number of allylic oxidation sites excluding steroid dienone is 2. The highest BCUT2D eigenvalue weighted by atomic mass is 16.5. The first-order valence-electron chi connectivity index (χ1n) is 10.6. The Morgan fingerprint density at radius 2 is 1.70 bits per heavy atom. The first-order chi connectivity index (χ1) is 15.8. The quantitative estimate of drug-likeness (QED) is 0.577. The number of nitrogens with zero attached hydrogens (tertiary/aromatic N) is 1. The number of esters is 1. The molecule has 0 saturated heterocycles. The third kappa shape index (κ3) is 5.42. The van der Waals surface area contributed by atoms with E-state index >= 15 is 0 Å². The van der Waals surface area contributed by atoms with Gasteiger partial charge in [-0.25, -0.2) is 9.59 Å². The van der Waals surface area contributed by atoms with Crippen LogP contribution in [-0.4, -0.2) is 23.1 Å². The standard InChI is InChI=1S/C26H26N2O5/c1-16(13-14-27)33-26(31)23-18(3)28-17(2)22(25(29)30)24(23)20-11-7-8-12-21(20)32-15-19-9-5-4-6-10-19/h4-12,16,24,28H,13,15H2,1-3H3,(H,29,30). The number of hydrogen-bond acceptors (Lipinski definition) is 6. The van der Waals surface area contributed by atoms with Crippen molar-refractivity contribution in [3.8, 4) is 11.8 Å². The number of nitriles is 1. The zero-order valence-corrected chi connectivity index (χ0v) is 18.8. The number of benzene rings is 2. The minimum atomic E-state index is -1.15. The molecule has 0 radical (unpaired) electrons. The number of para-hydroxylation sites is 1. The molecule has 0 fully saturated rings. The molecule has 0 spiro atoms. The van der Waals surface area contributed by atoms with Gasteiger partial charge in [0.2, 0.25) is 0 Å². The molecule has 0 bridgehead atoms. The summed E-state index contributed by atoms with van der Waals surface area (Å²) in [4.78, 5) is 25.4. The van der Waals surface area contributed by atoms with Gasteiger partial charge in [-0.2, -0.15) is 5.26 Å². The van der Waals surface area contributed by atoms with Crippen LogP contribution in [0.1, 0.15) is 44.2 Å². The highest BCUT2D eigenvalue weighted by Crippen LogP contribution is 2.42. The van der Waals surface area contributed by atoms with Crippen LogP contribution in [0.25, 0.3) is 0 Å². The van der Waals surface area contributed by atoms with Gasteiger partial charge in [0.25, 0.3) is 0 Å². The number of nitrogens with one attached hydrogen (secondary N) is 1.